The first-order valence-corrected chi connectivity index (χ1v) is 9.51. The van der Waals surface area contributed by atoms with Gasteiger partial charge in [0.15, 0.2) is 5.78 Å². The highest BCUT2D eigenvalue weighted by atomic mass is 16.6. The molecule has 7 heteroatoms. The van der Waals surface area contributed by atoms with Crippen molar-refractivity contribution in [2.45, 2.75) is 44.8 Å². The maximum absolute atomic E-state index is 12.3. The summed E-state index contributed by atoms with van der Waals surface area (Å²) in [5, 5.41) is 10.9. The van der Waals surface area contributed by atoms with E-state index in [2.05, 4.69) is 4.99 Å². The van der Waals surface area contributed by atoms with Crippen molar-refractivity contribution in [2.75, 3.05) is 0 Å². The molecule has 1 aromatic rings. The van der Waals surface area contributed by atoms with E-state index >= 15 is 0 Å². The SMILES string of the molecule is C[C@H](/C=C\C(=O)C1=Nc2ccccc2C1)OC(=O)/C=C/C1=CCCC([N+](=O)[O-])C1. The lowest BCUT2D eigenvalue weighted by atomic mass is 9.95. The highest BCUT2D eigenvalue weighted by Gasteiger charge is 2.23. The first kappa shape index (κ1) is 20.4. The molecule has 2 aliphatic rings. The van der Waals surface area contributed by atoms with Crippen LogP contribution in [0.2, 0.25) is 0 Å². The Morgan fingerprint density at radius 2 is 2.10 bits per heavy atom. The minimum Gasteiger partial charge on any atom is -0.455 e. The van der Waals surface area contributed by atoms with E-state index in [1.807, 2.05) is 30.3 Å². The molecule has 3 rings (SSSR count). The number of esters is 1. The molecule has 29 heavy (non-hydrogen) atoms. The molecule has 0 spiro atoms. The number of rotatable bonds is 7. The number of allylic oxidation sites excluding steroid dienone is 3. The lowest BCUT2D eigenvalue weighted by Gasteiger charge is -2.14. The molecule has 0 saturated heterocycles. The quantitative estimate of drug-likeness (QED) is 0.304. The van der Waals surface area contributed by atoms with Crippen molar-refractivity contribution in [1.29, 1.82) is 0 Å². The van der Waals surface area contributed by atoms with Crippen molar-refractivity contribution >= 4 is 23.2 Å². The molecule has 1 unspecified atom stereocenters. The largest absolute Gasteiger partial charge is 0.455 e. The predicted molar refractivity (Wildman–Crippen MR) is 109 cm³/mol. The van der Waals surface area contributed by atoms with E-state index in [1.165, 1.54) is 18.2 Å². The summed E-state index contributed by atoms with van der Waals surface area (Å²) in [4.78, 5) is 39.2. The maximum atomic E-state index is 12.3. The number of para-hydroxylation sites is 1. The second-order valence-electron chi connectivity index (χ2n) is 7.06. The van der Waals surface area contributed by atoms with Crippen LogP contribution in [0.1, 0.15) is 31.7 Å². The van der Waals surface area contributed by atoms with E-state index in [4.69, 9.17) is 4.74 Å². The van der Waals surface area contributed by atoms with Crippen LogP contribution >= 0.6 is 0 Å². The van der Waals surface area contributed by atoms with E-state index in [1.54, 1.807) is 13.0 Å². The highest BCUT2D eigenvalue weighted by Crippen LogP contribution is 2.26. The summed E-state index contributed by atoms with van der Waals surface area (Å²) >= 11 is 0. The fourth-order valence-electron chi connectivity index (χ4n) is 3.27. The van der Waals surface area contributed by atoms with Crippen LogP contribution in [-0.4, -0.2) is 34.5 Å². The van der Waals surface area contributed by atoms with Gasteiger partial charge in [0.05, 0.1) is 11.4 Å². The summed E-state index contributed by atoms with van der Waals surface area (Å²) in [6, 6.07) is 6.99. The molecule has 0 bridgehead atoms. The normalized spacial score (nSPS) is 19.6. The van der Waals surface area contributed by atoms with E-state index in [-0.39, 0.29) is 10.7 Å². The van der Waals surface area contributed by atoms with Crippen LogP contribution in [0.25, 0.3) is 0 Å². The van der Waals surface area contributed by atoms with Crippen LogP contribution in [0.3, 0.4) is 0 Å². The highest BCUT2D eigenvalue weighted by molar-refractivity contribution is 6.45. The van der Waals surface area contributed by atoms with Crippen LogP contribution in [0.15, 0.2) is 65.2 Å². The van der Waals surface area contributed by atoms with E-state index in [0.717, 1.165) is 16.8 Å². The number of benzene rings is 1. The number of ether oxygens (including phenoxy) is 1. The van der Waals surface area contributed by atoms with Gasteiger partial charge in [0.2, 0.25) is 6.04 Å². The number of hydrogen-bond acceptors (Lipinski definition) is 6. The molecular weight excluding hydrogens is 372 g/mol. The maximum Gasteiger partial charge on any atom is 0.331 e. The summed E-state index contributed by atoms with van der Waals surface area (Å²) in [6.45, 7) is 1.66. The van der Waals surface area contributed by atoms with Crippen LogP contribution in [0, 0.1) is 10.1 Å². The Morgan fingerprint density at radius 1 is 1.31 bits per heavy atom. The number of nitrogens with zero attached hydrogens (tertiary/aromatic N) is 2. The molecule has 0 fully saturated rings. The molecule has 1 heterocycles. The van der Waals surface area contributed by atoms with E-state index in [9.17, 15) is 19.7 Å². The van der Waals surface area contributed by atoms with Crippen LogP contribution < -0.4 is 0 Å². The molecule has 2 atom stereocenters. The van der Waals surface area contributed by atoms with Gasteiger partial charge in [0, 0.05) is 30.3 Å². The number of aliphatic imine (C=N–C) groups is 1. The van der Waals surface area contributed by atoms with Crippen molar-refractivity contribution in [2.24, 2.45) is 4.99 Å². The van der Waals surface area contributed by atoms with Crippen LogP contribution in [0.5, 0.6) is 0 Å². The minimum atomic E-state index is -0.604. The number of nitro groups is 1. The number of ketones is 1. The Balaban J connectivity index is 1.48. The number of fused-ring (bicyclic) bond motifs is 1. The third kappa shape index (κ3) is 5.57. The zero-order valence-corrected chi connectivity index (χ0v) is 16.1. The monoisotopic (exact) mass is 394 g/mol. The van der Waals surface area contributed by atoms with E-state index < -0.39 is 18.1 Å². The third-order valence-electron chi connectivity index (χ3n) is 4.82. The number of carbonyl (C=O) groups is 2. The van der Waals surface area contributed by atoms with Crippen LogP contribution in [0.4, 0.5) is 5.69 Å². The second-order valence-corrected chi connectivity index (χ2v) is 7.06. The molecule has 0 amide bonds. The lowest BCUT2D eigenvalue weighted by molar-refractivity contribution is -0.523. The van der Waals surface area contributed by atoms with Crippen LogP contribution in [-0.2, 0) is 20.7 Å². The van der Waals surface area contributed by atoms with Crippen molar-refractivity contribution in [3.8, 4) is 0 Å². The fraction of sp³-hybridized carbons (Fsp3) is 0.318. The summed E-state index contributed by atoms with van der Waals surface area (Å²) in [7, 11) is 0. The molecule has 150 valence electrons. The second kappa shape index (κ2) is 9.23. The predicted octanol–water partition coefficient (Wildman–Crippen LogP) is 3.68. The Hall–Kier alpha value is -3.35. The van der Waals surface area contributed by atoms with Gasteiger partial charge in [-0.05, 0) is 42.7 Å². The Labute approximate surface area is 168 Å². The first-order chi connectivity index (χ1) is 13.9. The molecule has 1 aliphatic heterocycles. The van der Waals surface area contributed by atoms with E-state index in [0.29, 0.717) is 31.4 Å². The lowest BCUT2D eigenvalue weighted by Crippen LogP contribution is -2.22. The summed E-state index contributed by atoms with van der Waals surface area (Å²) < 4.78 is 5.22. The van der Waals surface area contributed by atoms with Gasteiger partial charge in [-0.25, -0.2) is 9.79 Å². The van der Waals surface area contributed by atoms with Crippen molar-refractivity contribution in [3.05, 3.63) is 75.9 Å². The van der Waals surface area contributed by atoms with Gasteiger partial charge < -0.3 is 4.74 Å². The number of carbonyl (C=O) groups excluding carboxylic acids is 2. The molecule has 0 aromatic heterocycles. The summed E-state index contributed by atoms with van der Waals surface area (Å²) in [5.74, 6) is -0.776. The standard InChI is InChI=1S/C22H22N2O5/c1-15(9-11-21(25)20-14-17-6-2-3-8-19(17)23-20)29-22(26)12-10-16-5-4-7-18(13-16)24(27)28/h2-3,5-6,8-12,15,18H,4,7,13-14H2,1H3/b11-9-,12-10+/t15-,18?/m1/s1. The minimum absolute atomic E-state index is 0.210. The van der Waals surface area contributed by atoms with Gasteiger partial charge in [-0.1, -0.05) is 30.4 Å². The third-order valence-corrected chi connectivity index (χ3v) is 4.82. The van der Waals surface area contributed by atoms with Gasteiger partial charge in [-0.15, -0.1) is 0 Å². The topological polar surface area (TPSA) is 98.9 Å². The first-order valence-electron chi connectivity index (χ1n) is 9.51. The molecule has 7 nitrogen and oxygen atoms in total. The molecule has 1 aliphatic carbocycles. The number of hydrogen-bond donors (Lipinski definition) is 0. The van der Waals surface area contributed by atoms with Gasteiger partial charge in [-0.3, -0.25) is 14.9 Å². The summed E-state index contributed by atoms with van der Waals surface area (Å²) in [6.07, 6.45) is 8.96. The average molecular weight is 394 g/mol. The molecule has 0 saturated carbocycles. The van der Waals surface area contributed by atoms with Gasteiger partial charge in [-0.2, -0.15) is 0 Å². The Kier molecular flexibility index (Phi) is 6.49. The zero-order chi connectivity index (χ0) is 20.8. The van der Waals surface area contributed by atoms with Crippen molar-refractivity contribution in [1.82, 2.24) is 0 Å². The van der Waals surface area contributed by atoms with Crippen molar-refractivity contribution < 1.29 is 19.2 Å². The molecule has 0 radical (unpaired) electrons. The molecule has 1 aromatic carbocycles. The molecular formula is C22H22N2O5. The molecule has 0 N–H and O–H groups in total. The average Bonchev–Trinajstić information content (AvgIpc) is 3.15. The van der Waals surface area contributed by atoms with Crippen molar-refractivity contribution in [3.63, 3.8) is 0 Å². The summed E-state index contributed by atoms with van der Waals surface area (Å²) in [5.41, 5.74) is 3.05. The zero-order valence-electron chi connectivity index (χ0n) is 16.1. The van der Waals surface area contributed by atoms with Gasteiger partial charge in [0.1, 0.15) is 6.10 Å². The fourth-order valence-corrected chi connectivity index (χ4v) is 3.27. The van der Waals surface area contributed by atoms with Gasteiger partial charge >= 0.3 is 5.97 Å². The smallest absolute Gasteiger partial charge is 0.331 e. The Bertz CT molecular complexity index is 942. The Morgan fingerprint density at radius 3 is 2.86 bits per heavy atom. The van der Waals surface area contributed by atoms with Gasteiger partial charge in [0.25, 0.3) is 0 Å².